The summed E-state index contributed by atoms with van der Waals surface area (Å²) in [5.41, 5.74) is -0.633. The van der Waals surface area contributed by atoms with E-state index < -0.39 is 35.8 Å². The topological polar surface area (TPSA) is 55.8 Å². The predicted octanol–water partition coefficient (Wildman–Crippen LogP) is 1.75. The smallest absolute Gasteiger partial charge is 0.410 e. The van der Waals surface area contributed by atoms with Crippen LogP contribution in [0.4, 0.5) is 9.18 Å². The number of rotatable bonds is 1. The number of amides is 1. The zero-order valence-corrected chi connectivity index (χ0v) is 11.7. The average Bonchev–Trinajstić information content (AvgIpc) is 2.79. The second kappa shape index (κ2) is 4.65. The third kappa shape index (κ3) is 2.53. The van der Waals surface area contributed by atoms with Gasteiger partial charge in [-0.05, 0) is 33.1 Å². The maximum Gasteiger partial charge on any atom is 0.410 e. The number of alkyl halides is 1. The van der Waals surface area contributed by atoms with E-state index in [0.29, 0.717) is 13.0 Å². The third-order valence-electron chi connectivity index (χ3n) is 3.67. The van der Waals surface area contributed by atoms with Gasteiger partial charge in [0.1, 0.15) is 11.8 Å². The Kier molecular flexibility index (Phi) is 3.45. The van der Waals surface area contributed by atoms with Gasteiger partial charge in [-0.2, -0.15) is 0 Å². The number of halogens is 1. The lowest BCUT2D eigenvalue weighted by Gasteiger charge is -2.31. The van der Waals surface area contributed by atoms with Crippen LogP contribution in [0.5, 0.6) is 0 Å². The average molecular weight is 273 g/mol. The quantitative estimate of drug-likeness (QED) is 0.683. The minimum Gasteiger partial charge on any atom is -0.469 e. The number of carbonyl (C=O) groups is 2. The molecule has 1 saturated carbocycles. The number of hydrogen-bond donors (Lipinski definition) is 0. The summed E-state index contributed by atoms with van der Waals surface area (Å²) in [5.74, 6) is -1.17. The molecule has 1 aliphatic carbocycles. The lowest BCUT2D eigenvalue weighted by Crippen LogP contribution is -2.47. The summed E-state index contributed by atoms with van der Waals surface area (Å²) in [4.78, 5) is 25.1. The lowest BCUT2D eigenvalue weighted by molar-refractivity contribution is -0.146. The molecule has 19 heavy (non-hydrogen) atoms. The largest absolute Gasteiger partial charge is 0.469 e. The van der Waals surface area contributed by atoms with Crippen molar-refractivity contribution >= 4 is 12.1 Å². The minimum absolute atomic E-state index is 0.167. The first-order chi connectivity index (χ1) is 8.74. The molecule has 0 radical (unpaired) electrons. The van der Waals surface area contributed by atoms with Crippen LogP contribution in [-0.4, -0.2) is 48.4 Å². The number of esters is 1. The number of hydrogen-bond acceptors (Lipinski definition) is 4. The van der Waals surface area contributed by atoms with Gasteiger partial charge in [0.05, 0.1) is 19.1 Å². The lowest BCUT2D eigenvalue weighted by atomic mass is 9.99. The van der Waals surface area contributed by atoms with Gasteiger partial charge >= 0.3 is 12.1 Å². The van der Waals surface area contributed by atoms with Crippen molar-refractivity contribution in [2.24, 2.45) is 11.8 Å². The van der Waals surface area contributed by atoms with E-state index in [-0.39, 0.29) is 5.92 Å². The van der Waals surface area contributed by atoms with Crippen molar-refractivity contribution in [3.8, 4) is 0 Å². The first-order valence-electron chi connectivity index (χ1n) is 6.46. The molecule has 2 fully saturated rings. The zero-order valence-electron chi connectivity index (χ0n) is 11.7. The molecule has 1 aliphatic heterocycles. The Balaban J connectivity index is 2.13. The Morgan fingerprint density at radius 2 is 1.95 bits per heavy atom. The Labute approximate surface area is 112 Å². The molecule has 1 saturated heterocycles. The van der Waals surface area contributed by atoms with E-state index in [2.05, 4.69) is 0 Å². The minimum atomic E-state index is -1.18. The number of nitrogens with zero attached hydrogens (tertiary/aromatic N) is 1. The fraction of sp³-hybridized carbons (Fsp3) is 0.846. The van der Waals surface area contributed by atoms with Crippen molar-refractivity contribution in [3.63, 3.8) is 0 Å². The highest BCUT2D eigenvalue weighted by atomic mass is 19.1. The predicted molar refractivity (Wildman–Crippen MR) is 65.2 cm³/mol. The number of fused-ring (bicyclic) bond motifs is 2. The van der Waals surface area contributed by atoms with Gasteiger partial charge in [-0.15, -0.1) is 0 Å². The molecule has 0 aromatic carbocycles. The first-order valence-corrected chi connectivity index (χ1v) is 6.46. The fourth-order valence-corrected chi connectivity index (χ4v) is 3.02. The van der Waals surface area contributed by atoms with Crippen LogP contribution >= 0.6 is 0 Å². The molecule has 0 aromatic heterocycles. The molecule has 0 spiro atoms. The molecule has 5 nitrogen and oxygen atoms in total. The van der Waals surface area contributed by atoms with Crippen molar-refractivity contribution in [3.05, 3.63) is 0 Å². The van der Waals surface area contributed by atoms with Gasteiger partial charge < -0.3 is 14.4 Å². The zero-order chi connectivity index (χ0) is 14.4. The van der Waals surface area contributed by atoms with E-state index in [0.717, 1.165) is 0 Å². The van der Waals surface area contributed by atoms with E-state index in [1.54, 1.807) is 20.8 Å². The van der Waals surface area contributed by atoms with Crippen molar-refractivity contribution < 1.29 is 23.5 Å². The van der Waals surface area contributed by atoms with E-state index in [4.69, 9.17) is 9.47 Å². The van der Waals surface area contributed by atoms with E-state index in [9.17, 15) is 14.0 Å². The van der Waals surface area contributed by atoms with Crippen LogP contribution in [0.25, 0.3) is 0 Å². The summed E-state index contributed by atoms with van der Waals surface area (Å²) >= 11 is 0. The molecule has 2 rings (SSSR count). The maximum absolute atomic E-state index is 14.0. The number of carbonyl (C=O) groups excluding carboxylic acids is 2. The van der Waals surface area contributed by atoms with Crippen LogP contribution in [0.3, 0.4) is 0 Å². The normalized spacial score (nSPS) is 33.4. The van der Waals surface area contributed by atoms with Crippen molar-refractivity contribution in [1.29, 1.82) is 0 Å². The second-order valence-corrected chi connectivity index (χ2v) is 6.18. The molecule has 2 bridgehead atoms. The summed E-state index contributed by atoms with van der Waals surface area (Å²) in [6.45, 7) is 5.62. The standard InChI is InChI=1S/C13H20FNO4/c1-13(2,3)19-12(17)15-6-7-5-8(14)10(15)9(7)11(16)18-4/h7-10H,5-6H2,1-4H3/t7-,8-,9-,10-/m1/s1. The molecule has 0 aromatic rings. The molecule has 1 amide bonds. The van der Waals surface area contributed by atoms with Crippen LogP contribution in [-0.2, 0) is 14.3 Å². The van der Waals surface area contributed by atoms with Gasteiger partial charge in [-0.25, -0.2) is 9.18 Å². The van der Waals surface area contributed by atoms with Crippen molar-refractivity contribution in [2.75, 3.05) is 13.7 Å². The van der Waals surface area contributed by atoms with Gasteiger partial charge in [-0.3, -0.25) is 4.79 Å². The number of piperidine rings is 1. The molecular formula is C13H20FNO4. The number of methoxy groups -OCH3 is 1. The number of ether oxygens (including phenoxy) is 2. The fourth-order valence-electron chi connectivity index (χ4n) is 3.02. The Morgan fingerprint density at radius 1 is 1.32 bits per heavy atom. The highest BCUT2D eigenvalue weighted by molar-refractivity contribution is 5.78. The van der Waals surface area contributed by atoms with Crippen LogP contribution in [0, 0.1) is 11.8 Å². The molecule has 1 heterocycles. The monoisotopic (exact) mass is 273 g/mol. The summed E-state index contributed by atoms with van der Waals surface area (Å²) in [6.07, 6.45) is -1.43. The van der Waals surface area contributed by atoms with Gasteiger partial charge in [0.25, 0.3) is 0 Å². The third-order valence-corrected chi connectivity index (χ3v) is 3.67. The van der Waals surface area contributed by atoms with Gasteiger partial charge in [0.2, 0.25) is 0 Å². The summed E-state index contributed by atoms with van der Waals surface area (Å²) < 4.78 is 23.9. The molecule has 108 valence electrons. The van der Waals surface area contributed by atoms with Gasteiger partial charge in [0, 0.05) is 6.54 Å². The van der Waals surface area contributed by atoms with Crippen molar-refractivity contribution in [2.45, 2.75) is 45.0 Å². The van der Waals surface area contributed by atoms with Crippen LogP contribution in [0.15, 0.2) is 0 Å². The summed E-state index contributed by atoms with van der Waals surface area (Å²) in [7, 11) is 1.28. The van der Waals surface area contributed by atoms with Crippen LogP contribution in [0.2, 0.25) is 0 Å². The van der Waals surface area contributed by atoms with Gasteiger partial charge in [0.15, 0.2) is 0 Å². The maximum atomic E-state index is 14.0. The van der Waals surface area contributed by atoms with Crippen LogP contribution in [0.1, 0.15) is 27.2 Å². The molecule has 0 N–H and O–H groups in total. The highest BCUT2D eigenvalue weighted by Crippen LogP contribution is 2.45. The molecule has 6 heteroatoms. The van der Waals surface area contributed by atoms with Crippen LogP contribution < -0.4 is 0 Å². The molecular weight excluding hydrogens is 253 g/mol. The highest BCUT2D eigenvalue weighted by Gasteiger charge is 2.58. The SMILES string of the molecule is COC(=O)[C@@H]1[C@@H]2C[C@@H](F)[C@H]1N(C(=O)OC(C)(C)C)C2. The second-order valence-electron chi connectivity index (χ2n) is 6.18. The van der Waals surface area contributed by atoms with E-state index >= 15 is 0 Å². The Hall–Kier alpha value is -1.33. The van der Waals surface area contributed by atoms with E-state index in [1.807, 2.05) is 0 Å². The first kappa shape index (κ1) is 14.1. The molecule has 0 unspecified atom stereocenters. The molecule has 2 aliphatic rings. The van der Waals surface area contributed by atoms with E-state index in [1.165, 1.54) is 12.0 Å². The molecule has 4 atom stereocenters. The van der Waals surface area contributed by atoms with Crippen molar-refractivity contribution in [1.82, 2.24) is 4.90 Å². The van der Waals surface area contributed by atoms with Gasteiger partial charge in [-0.1, -0.05) is 0 Å². The Bertz CT molecular complexity index is 393. The number of likely N-dealkylation sites (tertiary alicyclic amines) is 1. The summed E-state index contributed by atoms with van der Waals surface area (Å²) in [5, 5.41) is 0. The summed E-state index contributed by atoms with van der Waals surface area (Å²) in [6, 6.07) is -0.743. The Morgan fingerprint density at radius 3 is 2.47 bits per heavy atom.